The minimum absolute atomic E-state index is 0.0420. The number of rotatable bonds is 7. The Bertz CT molecular complexity index is 903. The summed E-state index contributed by atoms with van der Waals surface area (Å²) in [6, 6.07) is 17.9. The molecule has 1 radical (unpaired) electrons. The molecule has 30 heavy (non-hydrogen) atoms. The van der Waals surface area contributed by atoms with Gasteiger partial charge in [-0.25, -0.2) is 12.7 Å². The molecule has 2 heterocycles. The van der Waals surface area contributed by atoms with E-state index in [4.69, 9.17) is 4.74 Å². The average Bonchev–Trinajstić information content (AvgIpc) is 2.80. The van der Waals surface area contributed by atoms with Gasteiger partial charge in [0.05, 0.1) is 11.4 Å². The normalized spacial score (nSPS) is 19.0. The van der Waals surface area contributed by atoms with Crippen molar-refractivity contribution in [3.8, 4) is 5.75 Å². The largest absolute Gasteiger partial charge is 0.488 e. The van der Waals surface area contributed by atoms with E-state index in [1.165, 1.54) is 24.9 Å². The summed E-state index contributed by atoms with van der Waals surface area (Å²) < 4.78 is 33.4. The van der Waals surface area contributed by atoms with Crippen LogP contribution < -0.4 is 9.64 Å². The lowest BCUT2D eigenvalue weighted by atomic mass is 10.1. The standard InChI is InChI=1S/C24H31N2O3S/c27-30(28,20-15-21-9-3-1-4-10-21)26-18-13-22(14-19-26)29-24-12-6-5-11-23(24)25-16-7-2-8-17-25/h1,3-6,9-12,15,22H,2,7-8,13-14,16-20H2. The Morgan fingerprint density at radius 3 is 2.27 bits per heavy atom. The van der Waals surface area contributed by atoms with E-state index in [-0.39, 0.29) is 11.9 Å². The molecule has 5 nitrogen and oxygen atoms in total. The van der Waals surface area contributed by atoms with Gasteiger partial charge in [-0.05, 0) is 49.8 Å². The number of anilines is 1. The van der Waals surface area contributed by atoms with Crippen LogP contribution in [0.1, 0.15) is 37.7 Å². The van der Waals surface area contributed by atoms with Crippen LogP contribution in [0.4, 0.5) is 5.69 Å². The summed E-state index contributed by atoms with van der Waals surface area (Å²) in [5.74, 6) is 0.971. The molecule has 0 amide bonds. The van der Waals surface area contributed by atoms with E-state index < -0.39 is 10.0 Å². The third-order valence-corrected chi connectivity index (χ3v) is 7.72. The van der Waals surface area contributed by atoms with Gasteiger partial charge in [0, 0.05) is 32.6 Å². The van der Waals surface area contributed by atoms with E-state index in [1.54, 1.807) is 10.7 Å². The maximum Gasteiger partial charge on any atom is 0.214 e. The zero-order valence-electron chi connectivity index (χ0n) is 17.4. The fourth-order valence-electron chi connectivity index (χ4n) is 4.26. The molecule has 6 heteroatoms. The molecule has 0 unspecified atom stereocenters. The Balaban J connectivity index is 1.32. The fourth-order valence-corrected chi connectivity index (χ4v) is 5.64. The van der Waals surface area contributed by atoms with Crippen LogP contribution in [0.2, 0.25) is 0 Å². The van der Waals surface area contributed by atoms with E-state index in [2.05, 4.69) is 17.0 Å². The van der Waals surface area contributed by atoms with Gasteiger partial charge in [-0.3, -0.25) is 0 Å². The highest BCUT2D eigenvalue weighted by Crippen LogP contribution is 2.32. The molecule has 2 aliphatic heterocycles. The minimum Gasteiger partial charge on any atom is -0.488 e. The Hall–Kier alpha value is -2.05. The van der Waals surface area contributed by atoms with Gasteiger partial charge in [-0.2, -0.15) is 0 Å². The molecule has 2 aromatic rings. The second-order valence-corrected chi connectivity index (χ2v) is 10.1. The first kappa shape index (κ1) is 21.2. The second-order valence-electron chi connectivity index (χ2n) is 8.13. The highest BCUT2D eigenvalue weighted by molar-refractivity contribution is 7.89. The molecule has 2 aliphatic rings. The van der Waals surface area contributed by atoms with Crippen molar-refractivity contribution in [1.82, 2.24) is 4.31 Å². The van der Waals surface area contributed by atoms with E-state index in [1.807, 2.05) is 42.5 Å². The van der Waals surface area contributed by atoms with E-state index >= 15 is 0 Å². The molecule has 0 atom stereocenters. The fraction of sp³-hybridized carbons (Fsp3) is 0.458. The number of ether oxygens (including phenoxy) is 1. The minimum atomic E-state index is -3.29. The van der Waals surface area contributed by atoms with Gasteiger partial charge < -0.3 is 9.64 Å². The summed E-state index contributed by atoms with van der Waals surface area (Å²) in [5, 5.41) is 0. The van der Waals surface area contributed by atoms with Crippen molar-refractivity contribution in [2.24, 2.45) is 0 Å². The van der Waals surface area contributed by atoms with Crippen LogP contribution in [0.25, 0.3) is 0 Å². The third kappa shape index (κ3) is 5.35. The van der Waals surface area contributed by atoms with E-state index in [0.29, 0.717) is 13.1 Å². The van der Waals surface area contributed by atoms with Crippen LogP contribution in [0.3, 0.4) is 0 Å². The number of piperidine rings is 2. The van der Waals surface area contributed by atoms with Crippen LogP contribution in [0, 0.1) is 6.42 Å². The Labute approximate surface area is 180 Å². The first-order chi connectivity index (χ1) is 14.6. The summed E-state index contributed by atoms with van der Waals surface area (Å²) in [6.07, 6.45) is 7.04. The zero-order valence-corrected chi connectivity index (χ0v) is 18.3. The summed E-state index contributed by atoms with van der Waals surface area (Å²) >= 11 is 0. The lowest BCUT2D eigenvalue weighted by Crippen LogP contribution is -2.43. The molecular formula is C24H31N2O3S. The summed E-state index contributed by atoms with van der Waals surface area (Å²) in [7, 11) is -3.29. The van der Waals surface area contributed by atoms with Crippen LogP contribution in [-0.4, -0.2) is 50.8 Å². The van der Waals surface area contributed by atoms with Crippen molar-refractivity contribution in [1.29, 1.82) is 0 Å². The highest BCUT2D eigenvalue weighted by atomic mass is 32.2. The molecule has 0 N–H and O–H groups in total. The topological polar surface area (TPSA) is 49.9 Å². The number of hydrogen-bond donors (Lipinski definition) is 0. The molecule has 0 aliphatic carbocycles. The van der Waals surface area contributed by atoms with Crippen LogP contribution >= 0.6 is 0 Å². The number of para-hydroxylation sites is 2. The summed E-state index contributed by atoms with van der Waals surface area (Å²) in [5.41, 5.74) is 2.11. The molecule has 0 saturated carbocycles. The quantitative estimate of drug-likeness (QED) is 0.667. The van der Waals surface area contributed by atoms with E-state index in [9.17, 15) is 8.42 Å². The molecule has 0 spiro atoms. The first-order valence-corrected chi connectivity index (χ1v) is 12.6. The SMILES string of the molecule is O=S(=O)(C[CH]c1ccccc1)N1CCC(Oc2ccccc2N2CCCCC2)CC1. The van der Waals surface area contributed by atoms with Crippen molar-refractivity contribution in [3.63, 3.8) is 0 Å². The van der Waals surface area contributed by atoms with Gasteiger partial charge in [-0.15, -0.1) is 0 Å². The third-order valence-electron chi connectivity index (χ3n) is 5.98. The number of benzene rings is 2. The molecule has 161 valence electrons. The maximum atomic E-state index is 12.7. The molecular weight excluding hydrogens is 396 g/mol. The predicted molar refractivity (Wildman–Crippen MR) is 121 cm³/mol. The van der Waals surface area contributed by atoms with E-state index in [0.717, 1.165) is 37.2 Å². The zero-order chi connectivity index (χ0) is 20.8. The second kappa shape index (κ2) is 9.84. The Morgan fingerprint density at radius 2 is 1.53 bits per heavy atom. The monoisotopic (exact) mass is 427 g/mol. The number of sulfonamides is 1. The van der Waals surface area contributed by atoms with Gasteiger partial charge >= 0.3 is 0 Å². The Kier molecular flexibility index (Phi) is 6.95. The first-order valence-electron chi connectivity index (χ1n) is 11.0. The van der Waals surface area contributed by atoms with Gasteiger partial charge in [-0.1, -0.05) is 42.5 Å². The van der Waals surface area contributed by atoms with Gasteiger partial charge in [0.15, 0.2) is 0 Å². The van der Waals surface area contributed by atoms with Crippen molar-refractivity contribution in [3.05, 3.63) is 66.6 Å². The average molecular weight is 428 g/mol. The molecule has 2 fully saturated rings. The van der Waals surface area contributed by atoms with Gasteiger partial charge in [0.25, 0.3) is 0 Å². The predicted octanol–water partition coefficient (Wildman–Crippen LogP) is 4.10. The number of nitrogens with zero attached hydrogens (tertiary/aromatic N) is 2. The molecule has 2 saturated heterocycles. The van der Waals surface area contributed by atoms with Crippen LogP contribution in [0.15, 0.2) is 54.6 Å². The van der Waals surface area contributed by atoms with Crippen molar-refractivity contribution < 1.29 is 13.2 Å². The van der Waals surface area contributed by atoms with Gasteiger partial charge in [0.1, 0.15) is 11.9 Å². The van der Waals surface area contributed by atoms with Crippen molar-refractivity contribution >= 4 is 15.7 Å². The van der Waals surface area contributed by atoms with Gasteiger partial charge in [0.2, 0.25) is 10.0 Å². The lowest BCUT2D eigenvalue weighted by Gasteiger charge is -2.34. The highest BCUT2D eigenvalue weighted by Gasteiger charge is 2.29. The maximum absolute atomic E-state index is 12.7. The van der Waals surface area contributed by atoms with Crippen molar-refractivity contribution in [2.45, 2.75) is 38.2 Å². The smallest absolute Gasteiger partial charge is 0.214 e. The Morgan fingerprint density at radius 1 is 0.867 bits per heavy atom. The molecule has 0 aromatic heterocycles. The molecule has 2 aromatic carbocycles. The number of hydrogen-bond acceptors (Lipinski definition) is 4. The van der Waals surface area contributed by atoms with Crippen molar-refractivity contribution in [2.75, 3.05) is 36.8 Å². The summed E-state index contributed by atoms with van der Waals surface area (Å²) in [4.78, 5) is 2.41. The summed E-state index contributed by atoms with van der Waals surface area (Å²) in [6.45, 7) is 3.19. The van der Waals surface area contributed by atoms with Crippen LogP contribution in [0.5, 0.6) is 5.75 Å². The lowest BCUT2D eigenvalue weighted by molar-refractivity contribution is 0.135. The molecule has 4 rings (SSSR count). The molecule has 0 bridgehead atoms. The van der Waals surface area contributed by atoms with Crippen LogP contribution in [-0.2, 0) is 10.0 Å².